The highest BCUT2D eigenvalue weighted by Crippen LogP contribution is 2.16. The highest BCUT2D eigenvalue weighted by atomic mass is 35.5. The van der Waals surface area contributed by atoms with E-state index < -0.39 is 6.10 Å². The SMILES string of the molecule is OOC(CCl)c1ccccc1. The fraction of sp³-hybridized carbons (Fsp3) is 0.250. The highest BCUT2D eigenvalue weighted by Gasteiger charge is 2.08. The number of halogens is 1. The maximum Gasteiger partial charge on any atom is 0.131 e. The van der Waals surface area contributed by atoms with E-state index in [0.29, 0.717) is 0 Å². The monoisotopic (exact) mass is 172 g/mol. The normalized spacial score (nSPS) is 12.9. The van der Waals surface area contributed by atoms with Crippen LogP contribution in [0.2, 0.25) is 0 Å². The zero-order valence-electron chi connectivity index (χ0n) is 5.90. The minimum atomic E-state index is -0.419. The zero-order valence-corrected chi connectivity index (χ0v) is 6.66. The molecule has 2 nitrogen and oxygen atoms in total. The third kappa shape index (κ3) is 2.19. The summed E-state index contributed by atoms with van der Waals surface area (Å²) in [6.07, 6.45) is -0.419. The summed E-state index contributed by atoms with van der Waals surface area (Å²) in [7, 11) is 0. The van der Waals surface area contributed by atoms with Gasteiger partial charge in [-0.05, 0) is 5.56 Å². The lowest BCUT2D eigenvalue weighted by Crippen LogP contribution is -2.02. The minimum absolute atomic E-state index is 0.251. The van der Waals surface area contributed by atoms with Gasteiger partial charge in [0.1, 0.15) is 6.10 Å². The van der Waals surface area contributed by atoms with Crippen molar-refractivity contribution in [3.8, 4) is 0 Å². The summed E-state index contributed by atoms with van der Waals surface area (Å²) in [6, 6.07) is 9.33. The molecule has 1 rings (SSSR count). The van der Waals surface area contributed by atoms with Crippen LogP contribution in [0, 0.1) is 0 Å². The van der Waals surface area contributed by atoms with Gasteiger partial charge in [-0.3, -0.25) is 5.26 Å². The van der Waals surface area contributed by atoms with Crippen LogP contribution >= 0.6 is 11.6 Å². The molecule has 1 atom stereocenters. The van der Waals surface area contributed by atoms with Crippen LogP contribution in [0.3, 0.4) is 0 Å². The smallest absolute Gasteiger partial charge is 0.131 e. The Kier molecular flexibility index (Phi) is 3.36. The molecule has 1 aromatic rings. The third-order valence-electron chi connectivity index (χ3n) is 1.44. The first-order valence-electron chi connectivity index (χ1n) is 3.29. The van der Waals surface area contributed by atoms with E-state index in [9.17, 15) is 0 Å². The first-order valence-corrected chi connectivity index (χ1v) is 3.83. The molecule has 0 amide bonds. The fourth-order valence-electron chi connectivity index (χ4n) is 0.846. The minimum Gasteiger partial charge on any atom is -0.251 e. The van der Waals surface area contributed by atoms with Crippen molar-refractivity contribution >= 4 is 11.6 Å². The van der Waals surface area contributed by atoms with Crippen LogP contribution in [0.1, 0.15) is 11.7 Å². The lowest BCUT2D eigenvalue weighted by molar-refractivity contribution is -0.275. The van der Waals surface area contributed by atoms with Crippen LogP contribution in [0.25, 0.3) is 0 Å². The van der Waals surface area contributed by atoms with E-state index >= 15 is 0 Å². The fourth-order valence-corrected chi connectivity index (χ4v) is 1.08. The second-order valence-corrected chi connectivity index (χ2v) is 2.47. The maximum absolute atomic E-state index is 8.40. The van der Waals surface area contributed by atoms with Crippen LogP contribution in [-0.4, -0.2) is 11.1 Å². The Bertz CT molecular complexity index is 197. The molecule has 0 bridgehead atoms. The van der Waals surface area contributed by atoms with Gasteiger partial charge in [0.25, 0.3) is 0 Å². The molecular formula is C8H9ClO2. The van der Waals surface area contributed by atoms with Gasteiger partial charge >= 0.3 is 0 Å². The zero-order chi connectivity index (χ0) is 8.10. The van der Waals surface area contributed by atoms with Crippen LogP contribution in [-0.2, 0) is 4.89 Å². The number of rotatable bonds is 3. The van der Waals surface area contributed by atoms with Crippen molar-refractivity contribution in [2.45, 2.75) is 6.10 Å². The summed E-state index contributed by atoms with van der Waals surface area (Å²) in [6.45, 7) is 0. The molecule has 0 saturated carbocycles. The predicted molar refractivity (Wildman–Crippen MR) is 43.6 cm³/mol. The molecule has 0 aliphatic heterocycles. The van der Waals surface area contributed by atoms with E-state index in [1.807, 2.05) is 30.3 Å². The molecule has 0 aliphatic carbocycles. The van der Waals surface area contributed by atoms with Gasteiger partial charge in [0, 0.05) is 0 Å². The van der Waals surface area contributed by atoms with Crippen molar-refractivity contribution in [1.82, 2.24) is 0 Å². The molecule has 0 spiro atoms. The highest BCUT2D eigenvalue weighted by molar-refractivity contribution is 6.18. The Morgan fingerprint density at radius 3 is 2.45 bits per heavy atom. The Labute approximate surface area is 70.3 Å². The van der Waals surface area contributed by atoms with Crippen LogP contribution in [0.15, 0.2) is 30.3 Å². The summed E-state index contributed by atoms with van der Waals surface area (Å²) in [4.78, 5) is 4.15. The molecule has 11 heavy (non-hydrogen) atoms. The largest absolute Gasteiger partial charge is 0.251 e. The first-order chi connectivity index (χ1) is 5.38. The summed E-state index contributed by atoms with van der Waals surface area (Å²) in [5, 5.41) is 8.40. The van der Waals surface area contributed by atoms with E-state index in [0.717, 1.165) is 5.56 Å². The van der Waals surface area contributed by atoms with Gasteiger partial charge < -0.3 is 0 Å². The van der Waals surface area contributed by atoms with Gasteiger partial charge in [-0.25, -0.2) is 4.89 Å². The van der Waals surface area contributed by atoms with E-state index in [1.165, 1.54) is 0 Å². The van der Waals surface area contributed by atoms with Crippen molar-refractivity contribution < 1.29 is 10.1 Å². The Balaban J connectivity index is 2.74. The molecule has 0 aliphatic rings. The molecule has 0 heterocycles. The van der Waals surface area contributed by atoms with Gasteiger partial charge in [0.2, 0.25) is 0 Å². The second-order valence-electron chi connectivity index (χ2n) is 2.16. The lowest BCUT2D eigenvalue weighted by atomic mass is 10.1. The van der Waals surface area contributed by atoms with E-state index in [2.05, 4.69) is 4.89 Å². The molecule has 0 aromatic heterocycles. The summed E-state index contributed by atoms with van der Waals surface area (Å²) in [5.74, 6) is 0.251. The van der Waals surface area contributed by atoms with Gasteiger partial charge in [-0.1, -0.05) is 30.3 Å². The number of hydrogen-bond donors (Lipinski definition) is 1. The van der Waals surface area contributed by atoms with Crippen molar-refractivity contribution in [3.05, 3.63) is 35.9 Å². The molecule has 1 N–H and O–H groups in total. The standard InChI is InChI=1S/C8H9ClO2/c9-6-8(11-10)7-4-2-1-3-5-7/h1-5,8,10H,6H2. The van der Waals surface area contributed by atoms with Gasteiger partial charge in [0.15, 0.2) is 0 Å². The average molecular weight is 173 g/mol. The van der Waals surface area contributed by atoms with Crippen molar-refractivity contribution in [3.63, 3.8) is 0 Å². The van der Waals surface area contributed by atoms with Crippen LogP contribution in [0.5, 0.6) is 0 Å². The number of alkyl halides is 1. The van der Waals surface area contributed by atoms with Crippen LogP contribution < -0.4 is 0 Å². The lowest BCUT2D eigenvalue weighted by Gasteiger charge is -2.08. The Hall–Kier alpha value is -0.570. The first kappa shape index (κ1) is 8.53. The van der Waals surface area contributed by atoms with Crippen molar-refractivity contribution in [1.29, 1.82) is 0 Å². The molecule has 0 saturated heterocycles. The summed E-state index contributed by atoms with van der Waals surface area (Å²) >= 11 is 5.52. The van der Waals surface area contributed by atoms with E-state index in [-0.39, 0.29) is 5.88 Å². The topological polar surface area (TPSA) is 29.5 Å². The second kappa shape index (κ2) is 4.34. The average Bonchev–Trinajstić information content (AvgIpc) is 2.09. The van der Waals surface area contributed by atoms with Gasteiger partial charge in [-0.2, -0.15) is 0 Å². The molecule has 3 heteroatoms. The molecule has 0 fully saturated rings. The summed E-state index contributed by atoms with van der Waals surface area (Å²) < 4.78 is 0. The van der Waals surface area contributed by atoms with Crippen molar-refractivity contribution in [2.24, 2.45) is 0 Å². The predicted octanol–water partition coefficient (Wildman–Crippen LogP) is 2.46. The molecular weight excluding hydrogens is 164 g/mol. The third-order valence-corrected chi connectivity index (χ3v) is 1.72. The molecule has 0 radical (unpaired) electrons. The number of benzene rings is 1. The maximum atomic E-state index is 8.40. The molecule has 1 unspecified atom stereocenters. The quantitative estimate of drug-likeness (QED) is 0.431. The van der Waals surface area contributed by atoms with E-state index in [1.54, 1.807) is 0 Å². The Morgan fingerprint density at radius 1 is 1.36 bits per heavy atom. The van der Waals surface area contributed by atoms with E-state index in [4.69, 9.17) is 16.9 Å². The Morgan fingerprint density at radius 2 is 2.00 bits per heavy atom. The van der Waals surface area contributed by atoms with Crippen molar-refractivity contribution in [2.75, 3.05) is 5.88 Å². The van der Waals surface area contributed by atoms with Gasteiger partial charge in [0.05, 0.1) is 5.88 Å². The summed E-state index contributed by atoms with van der Waals surface area (Å²) in [5.41, 5.74) is 0.880. The van der Waals surface area contributed by atoms with Gasteiger partial charge in [-0.15, -0.1) is 11.6 Å². The van der Waals surface area contributed by atoms with Crippen LogP contribution in [0.4, 0.5) is 0 Å². The molecule has 1 aromatic carbocycles. The molecule has 60 valence electrons. The number of hydrogen-bond acceptors (Lipinski definition) is 2.